The van der Waals surface area contributed by atoms with Gasteiger partial charge in [0.2, 0.25) is 0 Å². The van der Waals surface area contributed by atoms with E-state index in [1.807, 2.05) is 0 Å². The maximum Gasteiger partial charge on any atom is 0.154 e. The number of rotatable bonds is 1. The second-order valence-electron chi connectivity index (χ2n) is 2.92. The molecule has 1 fully saturated rings. The van der Waals surface area contributed by atoms with Gasteiger partial charge in [0.1, 0.15) is 0 Å². The van der Waals surface area contributed by atoms with Crippen molar-refractivity contribution in [1.82, 2.24) is 0 Å². The molecule has 0 N–H and O–H groups in total. The Balaban J connectivity index is 2.56. The van der Waals surface area contributed by atoms with E-state index in [0.717, 1.165) is 25.7 Å². The highest BCUT2D eigenvalue weighted by Crippen LogP contribution is 2.23. The van der Waals surface area contributed by atoms with Crippen LogP contribution in [0.1, 0.15) is 32.1 Å². The molecule has 1 rings (SSSR count). The van der Waals surface area contributed by atoms with Crippen LogP contribution in [0.25, 0.3) is 0 Å². The lowest BCUT2D eigenvalue weighted by Gasteiger charge is -2.18. The Morgan fingerprint density at radius 3 is 1.90 bits per heavy atom. The van der Waals surface area contributed by atoms with Gasteiger partial charge >= 0.3 is 0 Å². The van der Waals surface area contributed by atoms with Gasteiger partial charge in [-0.2, -0.15) is 0 Å². The Bertz CT molecular complexity index is 188. The van der Waals surface area contributed by atoms with Crippen molar-refractivity contribution >= 4 is 9.84 Å². The highest BCUT2D eigenvalue weighted by Gasteiger charge is 2.22. The van der Waals surface area contributed by atoms with E-state index in [1.54, 1.807) is 0 Å². The molecule has 0 unspecified atom stereocenters. The first-order valence-electron chi connectivity index (χ1n) is 3.67. The first-order valence-corrected chi connectivity index (χ1v) is 5.39. The van der Waals surface area contributed by atoms with E-state index in [9.17, 15) is 8.42 Å². The van der Waals surface area contributed by atoms with Gasteiger partial charge in [0.15, 0.2) is 9.84 Å². The molecule has 1 aliphatic rings. The van der Waals surface area contributed by atoms with E-state index >= 15 is 0 Å². The monoisotopic (exact) mass is 161 g/mol. The van der Waals surface area contributed by atoms with Crippen LogP contribution in [0.4, 0.5) is 0 Å². The minimum Gasteiger partial charge on any atom is -0.229 e. The summed E-state index contributed by atoms with van der Waals surface area (Å²) >= 11 is 0. The topological polar surface area (TPSA) is 34.1 Å². The minimum absolute atomic E-state index is 0.138. The smallest absolute Gasteiger partial charge is 0.154 e. The van der Waals surface area contributed by atoms with Crippen LogP contribution in [0.5, 0.6) is 0 Å². The molecule has 0 spiro atoms. The van der Waals surface area contributed by atoms with Gasteiger partial charge in [-0.05, 0) is 12.8 Å². The van der Waals surface area contributed by atoms with Gasteiger partial charge in [0.25, 0.3) is 0 Å². The lowest BCUT2D eigenvalue weighted by molar-refractivity contribution is 0.487. The van der Waals surface area contributed by atoms with E-state index in [2.05, 4.69) is 6.26 Å². The van der Waals surface area contributed by atoms with Crippen molar-refractivity contribution in [2.45, 2.75) is 37.4 Å². The Morgan fingerprint density at radius 1 is 1.10 bits per heavy atom. The third-order valence-electron chi connectivity index (χ3n) is 2.06. The van der Waals surface area contributed by atoms with Gasteiger partial charge in [-0.25, -0.2) is 8.42 Å². The van der Waals surface area contributed by atoms with Crippen LogP contribution < -0.4 is 0 Å². The summed E-state index contributed by atoms with van der Waals surface area (Å²) in [5, 5.41) is -0.138. The Hall–Kier alpha value is -0.0500. The summed E-state index contributed by atoms with van der Waals surface area (Å²) in [4.78, 5) is 0. The summed E-state index contributed by atoms with van der Waals surface area (Å²) in [6, 6.07) is 0. The molecule has 3 heteroatoms. The second-order valence-corrected chi connectivity index (χ2v) is 4.92. The Kier molecular flexibility index (Phi) is 2.34. The van der Waals surface area contributed by atoms with Crippen molar-refractivity contribution in [2.24, 2.45) is 0 Å². The van der Waals surface area contributed by atoms with E-state index in [1.165, 1.54) is 6.42 Å². The average Bonchev–Trinajstić information content (AvgIpc) is 1.88. The summed E-state index contributed by atoms with van der Waals surface area (Å²) in [6.07, 6.45) is 8.11. The molecule has 0 amide bonds. The fourth-order valence-corrected chi connectivity index (χ4v) is 2.48. The molecule has 1 aliphatic carbocycles. The van der Waals surface area contributed by atoms with Crippen LogP contribution in [-0.4, -0.2) is 13.7 Å². The highest BCUT2D eigenvalue weighted by molar-refractivity contribution is 7.93. The molecule has 0 aliphatic heterocycles. The maximum atomic E-state index is 10.9. The van der Waals surface area contributed by atoms with Gasteiger partial charge in [0.05, 0.1) is 11.5 Å². The van der Waals surface area contributed by atoms with Gasteiger partial charge < -0.3 is 0 Å². The molecule has 2 nitrogen and oxygen atoms in total. The lowest BCUT2D eigenvalue weighted by atomic mass is 10.0. The average molecular weight is 161 g/mol. The lowest BCUT2D eigenvalue weighted by Crippen LogP contribution is -2.20. The second kappa shape index (κ2) is 2.91. The molecule has 0 atom stereocenters. The number of hydrogen-bond donors (Lipinski definition) is 0. The van der Waals surface area contributed by atoms with Crippen LogP contribution in [-0.2, 0) is 9.84 Å². The van der Waals surface area contributed by atoms with Crippen molar-refractivity contribution in [3.8, 4) is 0 Å². The predicted molar refractivity (Wildman–Crippen MR) is 41.1 cm³/mol. The fraction of sp³-hybridized carbons (Fsp3) is 0.857. The SMILES string of the molecule is [CH2]S(=O)(=O)C1CCCCC1. The van der Waals surface area contributed by atoms with Gasteiger partial charge in [0, 0.05) is 0 Å². The Morgan fingerprint density at radius 2 is 1.60 bits per heavy atom. The minimum atomic E-state index is -2.98. The van der Waals surface area contributed by atoms with Crippen LogP contribution in [0, 0.1) is 6.26 Å². The molecule has 0 aromatic heterocycles. The van der Waals surface area contributed by atoms with Crippen LogP contribution >= 0.6 is 0 Å². The van der Waals surface area contributed by atoms with Crippen molar-refractivity contribution in [3.05, 3.63) is 6.26 Å². The zero-order chi connectivity index (χ0) is 7.61. The first kappa shape index (κ1) is 8.05. The van der Waals surface area contributed by atoms with E-state index < -0.39 is 9.84 Å². The standard InChI is InChI=1S/C7H13O2S/c1-10(8,9)7-5-3-2-4-6-7/h7H,1-6H2. The van der Waals surface area contributed by atoms with Crippen molar-refractivity contribution in [2.75, 3.05) is 0 Å². The van der Waals surface area contributed by atoms with Crippen molar-refractivity contribution in [1.29, 1.82) is 0 Å². The van der Waals surface area contributed by atoms with E-state index in [-0.39, 0.29) is 5.25 Å². The molecule has 0 bridgehead atoms. The van der Waals surface area contributed by atoms with E-state index in [4.69, 9.17) is 0 Å². The molecular weight excluding hydrogens is 148 g/mol. The van der Waals surface area contributed by atoms with Gasteiger partial charge in [-0.1, -0.05) is 19.3 Å². The van der Waals surface area contributed by atoms with E-state index in [0.29, 0.717) is 0 Å². The van der Waals surface area contributed by atoms with Gasteiger partial charge in [-0.15, -0.1) is 0 Å². The Labute approximate surface area is 62.5 Å². The molecule has 0 aromatic rings. The molecule has 0 heterocycles. The third-order valence-corrected chi connectivity index (χ3v) is 3.55. The molecule has 0 aromatic carbocycles. The molecule has 0 saturated heterocycles. The normalized spacial score (nSPS) is 22.9. The molecule has 10 heavy (non-hydrogen) atoms. The molecule has 59 valence electrons. The van der Waals surface area contributed by atoms with Crippen LogP contribution in [0.2, 0.25) is 0 Å². The summed E-state index contributed by atoms with van der Waals surface area (Å²) < 4.78 is 21.8. The summed E-state index contributed by atoms with van der Waals surface area (Å²) in [6.45, 7) is 0. The number of hydrogen-bond acceptors (Lipinski definition) is 2. The fourth-order valence-electron chi connectivity index (χ4n) is 1.42. The molecule has 1 saturated carbocycles. The molecular formula is C7H13O2S. The third kappa shape index (κ3) is 1.97. The summed E-state index contributed by atoms with van der Waals surface area (Å²) in [7, 11) is -2.98. The van der Waals surface area contributed by atoms with Crippen molar-refractivity contribution < 1.29 is 8.42 Å². The number of sulfone groups is 1. The highest BCUT2D eigenvalue weighted by atomic mass is 32.2. The zero-order valence-electron chi connectivity index (χ0n) is 6.04. The van der Waals surface area contributed by atoms with Gasteiger partial charge in [-0.3, -0.25) is 0 Å². The van der Waals surface area contributed by atoms with Crippen LogP contribution in [0.15, 0.2) is 0 Å². The maximum absolute atomic E-state index is 10.9. The predicted octanol–water partition coefficient (Wildman–Crippen LogP) is 1.53. The largest absolute Gasteiger partial charge is 0.229 e. The quantitative estimate of drug-likeness (QED) is 0.584. The summed E-state index contributed by atoms with van der Waals surface area (Å²) in [5.41, 5.74) is 0. The molecule has 1 radical (unpaired) electrons. The van der Waals surface area contributed by atoms with Crippen molar-refractivity contribution in [3.63, 3.8) is 0 Å². The zero-order valence-corrected chi connectivity index (χ0v) is 6.86. The van der Waals surface area contributed by atoms with Crippen LogP contribution in [0.3, 0.4) is 0 Å². The first-order chi connectivity index (χ1) is 4.61. The summed E-state index contributed by atoms with van der Waals surface area (Å²) in [5.74, 6) is 0.